The molecule has 0 bridgehead atoms. The van der Waals surface area contributed by atoms with E-state index in [9.17, 15) is 9.18 Å². The molecule has 0 spiro atoms. The second kappa shape index (κ2) is 15.0. The van der Waals surface area contributed by atoms with Crippen LogP contribution in [0.3, 0.4) is 0 Å². The number of pyridine rings is 2. The summed E-state index contributed by atoms with van der Waals surface area (Å²) in [6.07, 6.45) is 4.51. The van der Waals surface area contributed by atoms with Crippen LogP contribution in [0.1, 0.15) is 36.0 Å². The van der Waals surface area contributed by atoms with Crippen molar-refractivity contribution in [2.24, 2.45) is 0 Å². The third kappa shape index (κ3) is 7.23. The Balaban J connectivity index is 1.27. The first-order valence-electron chi connectivity index (χ1n) is 15.9. The molecule has 1 amide bonds. The average Bonchev–Trinajstić information content (AvgIpc) is 3.51. The molecule has 4 heterocycles. The molecule has 11 heteroatoms. The Bertz CT molecular complexity index is 1750. The molecular formula is C36H38Cl2FN5O3. The topological polar surface area (TPSA) is 88.6 Å². The molecule has 0 saturated carbocycles. The number of alkyl halides is 1. The minimum absolute atomic E-state index is 0.0994. The van der Waals surface area contributed by atoms with Crippen LogP contribution in [0.4, 0.5) is 4.39 Å². The Labute approximate surface area is 284 Å². The predicted molar refractivity (Wildman–Crippen MR) is 184 cm³/mol. The molecule has 47 heavy (non-hydrogen) atoms. The van der Waals surface area contributed by atoms with E-state index in [0.717, 1.165) is 71.6 Å². The fraction of sp³-hybridized carbons (Fsp3) is 0.361. The normalized spacial score (nSPS) is 16.2. The van der Waals surface area contributed by atoms with Crippen molar-refractivity contribution in [3.63, 3.8) is 0 Å². The van der Waals surface area contributed by atoms with Gasteiger partial charge in [0.25, 0.3) is 0 Å². The number of hydrogen-bond donors (Lipinski definition) is 2. The minimum atomic E-state index is -0.314. The summed E-state index contributed by atoms with van der Waals surface area (Å²) in [5.41, 5.74) is 7.65. The highest BCUT2D eigenvalue weighted by Gasteiger charge is 2.24. The number of carbonyl (C=O) groups excluding carboxylic acids is 1. The summed E-state index contributed by atoms with van der Waals surface area (Å²) in [5, 5.41) is 7.37. The third-order valence-corrected chi connectivity index (χ3v) is 9.65. The van der Waals surface area contributed by atoms with E-state index in [2.05, 4.69) is 26.6 Å². The number of halogens is 3. The highest BCUT2D eigenvalue weighted by Crippen LogP contribution is 2.43. The van der Waals surface area contributed by atoms with Crippen molar-refractivity contribution in [1.82, 2.24) is 25.5 Å². The average molecular weight is 679 g/mol. The number of benzene rings is 2. The van der Waals surface area contributed by atoms with Crippen LogP contribution in [0.15, 0.2) is 54.7 Å². The number of hydrogen-bond acceptors (Lipinski definition) is 7. The molecule has 1 saturated heterocycles. The molecule has 2 N–H and O–H groups in total. The number of nitrogens with one attached hydrogen (secondary N) is 2. The van der Waals surface area contributed by atoms with Crippen molar-refractivity contribution in [2.75, 3.05) is 40.5 Å². The quantitative estimate of drug-likeness (QED) is 0.169. The lowest BCUT2D eigenvalue weighted by Crippen LogP contribution is -2.35. The van der Waals surface area contributed by atoms with E-state index in [-0.39, 0.29) is 18.6 Å². The number of amides is 1. The van der Waals surface area contributed by atoms with Crippen LogP contribution in [-0.2, 0) is 24.3 Å². The van der Waals surface area contributed by atoms with Gasteiger partial charge >= 0.3 is 0 Å². The molecule has 0 radical (unpaired) electrons. The maximum atomic E-state index is 12.8. The number of aromatic nitrogens is 2. The van der Waals surface area contributed by atoms with Crippen LogP contribution in [0.2, 0.25) is 10.0 Å². The van der Waals surface area contributed by atoms with Crippen molar-refractivity contribution in [2.45, 2.75) is 44.8 Å². The monoisotopic (exact) mass is 677 g/mol. The van der Waals surface area contributed by atoms with Crippen LogP contribution < -0.4 is 20.1 Å². The van der Waals surface area contributed by atoms with Crippen molar-refractivity contribution in [3.05, 3.63) is 81.5 Å². The van der Waals surface area contributed by atoms with E-state index >= 15 is 0 Å². The van der Waals surface area contributed by atoms with Crippen LogP contribution in [0, 0.1) is 0 Å². The van der Waals surface area contributed by atoms with Gasteiger partial charge in [-0.15, -0.1) is 0 Å². The molecule has 6 rings (SSSR count). The number of ether oxygens (including phenoxy) is 2. The largest absolute Gasteiger partial charge is 0.496 e. The van der Waals surface area contributed by atoms with E-state index in [4.69, 9.17) is 37.7 Å². The zero-order valence-corrected chi connectivity index (χ0v) is 28.1. The zero-order chi connectivity index (χ0) is 32.9. The molecule has 246 valence electrons. The Kier molecular flexibility index (Phi) is 10.6. The van der Waals surface area contributed by atoms with Gasteiger partial charge in [-0.2, -0.15) is 0 Å². The molecule has 1 fully saturated rings. The lowest BCUT2D eigenvalue weighted by molar-refractivity contribution is -0.119. The first-order valence-corrected chi connectivity index (χ1v) is 16.6. The summed E-state index contributed by atoms with van der Waals surface area (Å²) >= 11 is 14.2. The smallest absolute Gasteiger partial charge is 0.220 e. The lowest BCUT2D eigenvalue weighted by atomic mass is 9.94. The van der Waals surface area contributed by atoms with Crippen LogP contribution in [0.25, 0.3) is 33.6 Å². The molecule has 2 aliphatic heterocycles. The summed E-state index contributed by atoms with van der Waals surface area (Å²) in [5.74, 6) is 1.38. The van der Waals surface area contributed by atoms with Gasteiger partial charge < -0.3 is 20.1 Å². The second-order valence-corrected chi connectivity index (χ2v) is 12.6. The van der Waals surface area contributed by atoms with Gasteiger partial charge in [0.15, 0.2) is 0 Å². The molecule has 2 aromatic heterocycles. The molecule has 0 unspecified atom stereocenters. The lowest BCUT2D eigenvalue weighted by Gasteiger charge is -2.30. The molecule has 8 nitrogen and oxygen atoms in total. The minimum Gasteiger partial charge on any atom is -0.496 e. The van der Waals surface area contributed by atoms with Crippen LogP contribution in [-0.4, -0.2) is 67.3 Å². The second-order valence-electron chi connectivity index (χ2n) is 11.9. The number of rotatable bonds is 12. The number of fused-ring (bicyclic) bond motifs is 1. The number of nitrogens with zero attached hydrogens (tertiary/aromatic N) is 3. The SMILES string of the molecule is COc1cc(-c2nccc(-c3cccc(-c4ccc(CNC[C@@H]5CCC(=O)N5)c(OC)n4)c3Cl)c2Cl)cc2c1CN(CCCF)CC2. The maximum absolute atomic E-state index is 12.8. The van der Waals surface area contributed by atoms with Gasteiger partial charge in [0.2, 0.25) is 11.8 Å². The summed E-state index contributed by atoms with van der Waals surface area (Å²) in [6.45, 7) is 3.22. The summed E-state index contributed by atoms with van der Waals surface area (Å²) in [6, 6.07) is 15.8. The summed E-state index contributed by atoms with van der Waals surface area (Å²) in [4.78, 5) is 23.2. The Hall–Kier alpha value is -3.76. The van der Waals surface area contributed by atoms with Gasteiger partial charge in [-0.25, -0.2) is 4.98 Å². The molecule has 1 atom stereocenters. The Morgan fingerprint density at radius 2 is 1.87 bits per heavy atom. The third-order valence-electron chi connectivity index (χ3n) is 8.86. The standard InChI is InChI=1S/C36H38Cl2FN5O3/c1-46-31-18-24(17-22-12-16-44(15-4-13-39)21-29(22)31)35-34(38)27(11-14-41-35)26-5-3-6-28(33(26)37)30-9-7-23(36(43-30)47-2)19-40-20-25-8-10-32(45)42-25/h3,5-7,9,11,14,17-18,25,40H,4,8,10,12-13,15-16,19-21H2,1-2H3,(H,42,45)/t25-/m0/s1. The summed E-state index contributed by atoms with van der Waals surface area (Å²) < 4.78 is 24.2. The molecule has 0 aliphatic carbocycles. The molecular weight excluding hydrogens is 640 g/mol. The van der Waals surface area contributed by atoms with Crippen molar-refractivity contribution in [1.29, 1.82) is 0 Å². The van der Waals surface area contributed by atoms with Gasteiger partial charge in [-0.3, -0.25) is 19.1 Å². The molecule has 2 aliphatic rings. The van der Waals surface area contributed by atoms with Crippen LogP contribution >= 0.6 is 23.2 Å². The zero-order valence-electron chi connectivity index (χ0n) is 26.5. The van der Waals surface area contributed by atoms with E-state index in [1.807, 2.05) is 42.5 Å². The van der Waals surface area contributed by atoms with E-state index < -0.39 is 0 Å². The van der Waals surface area contributed by atoms with E-state index in [1.54, 1.807) is 20.4 Å². The Morgan fingerprint density at radius 3 is 2.64 bits per heavy atom. The highest BCUT2D eigenvalue weighted by molar-refractivity contribution is 6.39. The van der Waals surface area contributed by atoms with E-state index in [0.29, 0.717) is 53.2 Å². The van der Waals surface area contributed by atoms with Crippen molar-refractivity contribution >= 4 is 29.1 Å². The van der Waals surface area contributed by atoms with Gasteiger partial charge in [0, 0.05) is 84.8 Å². The van der Waals surface area contributed by atoms with Gasteiger partial charge in [0.05, 0.1) is 42.3 Å². The van der Waals surface area contributed by atoms with E-state index in [1.165, 1.54) is 5.56 Å². The number of methoxy groups -OCH3 is 2. The maximum Gasteiger partial charge on any atom is 0.220 e. The number of carbonyl (C=O) groups is 1. The highest BCUT2D eigenvalue weighted by atomic mass is 35.5. The van der Waals surface area contributed by atoms with Gasteiger partial charge in [-0.1, -0.05) is 47.5 Å². The molecule has 2 aromatic carbocycles. The van der Waals surface area contributed by atoms with Gasteiger partial charge in [-0.05, 0) is 49.1 Å². The van der Waals surface area contributed by atoms with Crippen LogP contribution in [0.5, 0.6) is 11.6 Å². The Morgan fingerprint density at radius 1 is 1.04 bits per heavy atom. The van der Waals surface area contributed by atoms with Crippen molar-refractivity contribution < 1.29 is 18.7 Å². The predicted octanol–water partition coefficient (Wildman–Crippen LogP) is 6.89. The first-order chi connectivity index (χ1) is 22.9. The molecule has 4 aromatic rings. The fourth-order valence-electron chi connectivity index (χ4n) is 6.41. The van der Waals surface area contributed by atoms with Crippen molar-refractivity contribution in [3.8, 4) is 45.3 Å². The van der Waals surface area contributed by atoms with Gasteiger partial charge in [0.1, 0.15) is 5.75 Å². The first kappa shape index (κ1) is 33.2. The summed E-state index contributed by atoms with van der Waals surface area (Å²) in [7, 11) is 3.27. The fourth-order valence-corrected chi connectivity index (χ4v) is 7.06.